The van der Waals surface area contributed by atoms with Crippen LogP contribution in [0.2, 0.25) is 0 Å². The van der Waals surface area contributed by atoms with Crippen LogP contribution in [0.1, 0.15) is 58.3 Å². The molecule has 0 bridgehead atoms. The number of aromatic nitrogens is 3. The molecule has 11 heteroatoms. The lowest BCUT2D eigenvalue weighted by Gasteiger charge is -2.24. The molecule has 40 heavy (non-hydrogen) atoms. The van der Waals surface area contributed by atoms with Crippen LogP contribution in [-0.2, 0) is 15.4 Å². The van der Waals surface area contributed by atoms with E-state index in [1.54, 1.807) is 54.6 Å². The largest absolute Gasteiger partial charge is 0.492 e. The predicted molar refractivity (Wildman–Crippen MR) is 154 cm³/mol. The summed E-state index contributed by atoms with van der Waals surface area (Å²) in [6.45, 7) is 7.79. The molecule has 4 aromatic rings. The zero-order valence-corrected chi connectivity index (χ0v) is 24.0. The van der Waals surface area contributed by atoms with Crippen LogP contribution in [0.3, 0.4) is 0 Å². The monoisotopic (exact) mass is 561 g/mol. The summed E-state index contributed by atoms with van der Waals surface area (Å²) in [5.74, 6) is -0.529. The highest BCUT2D eigenvalue weighted by atomic mass is 32.2. The fourth-order valence-corrected chi connectivity index (χ4v) is 4.62. The van der Waals surface area contributed by atoms with Crippen LogP contribution in [-0.4, -0.2) is 48.5 Å². The van der Waals surface area contributed by atoms with Crippen LogP contribution in [0.4, 0.5) is 11.4 Å². The summed E-state index contributed by atoms with van der Waals surface area (Å²) in [5.41, 5.74) is 3.34. The van der Waals surface area contributed by atoms with Crippen molar-refractivity contribution in [2.75, 3.05) is 23.4 Å². The molecule has 0 saturated heterocycles. The van der Waals surface area contributed by atoms with Gasteiger partial charge in [-0.25, -0.2) is 13.1 Å². The van der Waals surface area contributed by atoms with Crippen LogP contribution in [0.25, 0.3) is 5.69 Å². The van der Waals surface area contributed by atoms with Crippen LogP contribution < -0.4 is 14.8 Å². The molecule has 1 amide bonds. The maximum absolute atomic E-state index is 13.4. The number of amides is 1. The maximum Gasteiger partial charge on any atom is 0.255 e. The van der Waals surface area contributed by atoms with Gasteiger partial charge >= 0.3 is 0 Å². The first-order valence-corrected chi connectivity index (χ1v) is 14.3. The average molecular weight is 562 g/mol. The van der Waals surface area contributed by atoms with Gasteiger partial charge in [0.15, 0.2) is 11.4 Å². The molecule has 0 aliphatic carbocycles. The van der Waals surface area contributed by atoms with E-state index < -0.39 is 15.9 Å². The molecule has 208 valence electrons. The molecule has 0 saturated carbocycles. The second-order valence-corrected chi connectivity index (χ2v) is 12.2. The zero-order chi connectivity index (χ0) is 29.2. The van der Waals surface area contributed by atoms with Gasteiger partial charge in [0.05, 0.1) is 36.6 Å². The number of hydrogen-bond acceptors (Lipinski definition) is 7. The topological polar surface area (TPSA) is 132 Å². The zero-order valence-electron chi connectivity index (χ0n) is 23.1. The van der Waals surface area contributed by atoms with Crippen LogP contribution >= 0.6 is 0 Å². The molecule has 0 unspecified atom stereocenters. The van der Waals surface area contributed by atoms with E-state index in [0.717, 1.165) is 17.4 Å². The van der Waals surface area contributed by atoms with Crippen molar-refractivity contribution in [3.8, 4) is 11.4 Å². The Morgan fingerprint density at radius 3 is 2.25 bits per heavy atom. The third kappa shape index (κ3) is 6.37. The van der Waals surface area contributed by atoms with E-state index in [9.17, 15) is 18.0 Å². The number of methoxy groups -OCH3 is 1. The Morgan fingerprint density at radius 2 is 1.62 bits per heavy atom. The molecular weight excluding hydrogens is 530 g/mol. The van der Waals surface area contributed by atoms with Crippen LogP contribution in [0, 0.1) is 6.92 Å². The molecule has 0 aliphatic heterocycles. The minimum Gasteiger partial charge on any atom is -0.492 e. The molecule has 0 fully saturated rings. The van der Waals surface area contributed by atoms with Crippen molar-refractivity contribution in [2.45, 2.75) is 33.1 Å². The molecule has 0 atom stereocenters. The lowest BCUT2D eigenvalue weighted by molar-refractivity contribution is 0.102. The minimum absolute atomic E-state index is 0.176. The second-order valence-electron chi connectivity index (χ2n) is 10.4. The normalized spacial score (nSPS) is 11.7. The van der Waals surface area contributed by atoms with E-state index in [4.69, 9.17) is 4.74 Å². The summed E-state index contributed by atoms with van der Waals surface area (Å²) < 4.78 is 33.5. The van der Waals surface area contributed by atoms with Gasteiger partial charge < -0.3 is 10.1 Å². The van der Waals surface area contributed by atoms with Gasteiger partial charge in [0.2, 0.25) is 15.8 Å². The van der Waals surface area contributed by atoms with Crippen molar-refractivity contribution in [3.05, 3.63) is 94.8 Å². The standard InChI is InChI=1S/C29H31N5O5S/c1-18-12-13-20(14-25(18)34-17-24(31-33-34)26(35)19-10-8-7-9-11-19)28(36)30-22-15-21(29(2,3)4)16-23(27(22)39-5)32-40(6,37)38/h7-17,32H,1-6H3,(H,30,36). The molecule has 4 rings (SSSR count). The molecule has 10 nitrogen and oxygen atoms in total. The summed E-state index contributed by atoms with van der Waals surface area (Å²) in [7, 11) is -2.21. The maximum atomic E-state index is 13.4. The summed E-state index contributed by atoms with van der Waals surface area (Å²) in [5, 5.41) is 11.0. The smallest absolute Gasteiger partial charge is 0.255 e. The first-order valence-electron chi connectivity index (χ1n) is 12.4. The van der Waals surface area contributed by atoms with Crippen molar-refractivity contribution in [3.63, 3.8) is 0 Å². The Kier molecular flexibility index (Phi) is 7.79. The van der Waals surface area contributed by atoms with Crippen molar-refractivity contribution in [2.24, 2.45) is 0 Å². The Hall–Kier alpha value is -4.51. The summed E-state index contributed by atoms with van der Waals surface area (Å²) in [6.07, 6.45) is 2.57. The number of ketones is 1. The quantitative estimate of drug-likeness (QED) is 0.297. The Balaban J connectivity index is 1.68. The molecular formula is C29H31N5O5S. The van der Waals surface area contributed by atoms with E-state index in [0.29, 0.717) is 22.5 Å². The molecule has 1 heterocycles. The molecule has 1 aromatic heterocycles. The number of carbonyl (C=O) groups excluding carboxylic acids is 2. The fourth-order valence-electron chi connectivity index (χ4n) is 4.07. The van der Waals surface area contributed by atoms with Gasteiger partial charge in [0.25, 0.3) is 5.91 Å². The number of anilines is 2. The Morgan fingerprint density at radius 1 is 0.950 bits per heavy atom. The molecule has 0 spiro atoms. The van der Waals surface area contributed by atoms with E-state index in [2.05, 4.69) is 20.4 Å². The van der Waals surface area contributed by atoms with Gasteiger partial charge in [-0.1, -0.05) is 62.4 Å². The van der Waals surface area contributed by atoms with Crippen molar-refractivity contribution >= 4 is 33.1 Å². The third-order valence-corrected chi connectivity index (χ3v) is 6.77. The number of nitrogens with zero attached hydrogens (tertiary/aromatic N) is 3. The van der Waals surface area contributed by atoms with Crippen LogP contribution in [0.5, 0.6) is 5.75 Å². The SMILES string of the molecule is COc1c(NC(=O)c2ccc(C)c(-n3cc(C(=O)c4ccccc4)nn3)c2)cc(C(C)(C)C)cc1NS(C)(=O)=O. The lowest BCUT2D eigenvalue weighted by Crippen LogP contribution is -2.18. The number of rotatable bonds is 8. The third-order valence-electron chi connectivity index (χ3n) is 6.18. The van der Waals surface area contributed by atoms with Gasteiger partial charge in [0.1, 0.15) is 0 Å². The minimum atomic E-state index is -3.61. The van der Waals surface area contributed by atoms with Crippen molar-refractivity contribution in [1.29, 1.82) is 0 Å². The molecule has 0 radical (unpaired) electrons. The number of benzene rings is 3. The number of aryl methyl sites for hydroxylation is 1. The van der Waals surface area contributed by atoms with Gasteiger partial charge in [-0.15, -0.1) is 5.10 Å². The molecule has 3 aromatic carbocycles. The summed E-state index contributed by atoms with van der Waals surface area (Å²) >= 11 is 0. The first-order chi connectivity index (χ1) is 18.8. The average Bonchev–Trinajstić information content (AvgIpc) is 3.37. The summed E-state index contributed by atoms with van der Waals surface area (Å²) in [6, 6.07) is 17.3. The molecule has 0 aliphatic rings. The van der Waals surface area contributed by atoms with E-state index in [-0.39, 0.29) is 28.3 Å². The number of carbonyl (C=O) groups is 2. The fraction of sp³-hybridized carbons (Fsp3) is 0.241. The summed E-state index contributed by atoms with van der Waals surface area (Å²) in [4.78, 5) is 26.2. The second kappa shape index (κ2) is 10.9. The van der Waals surface area contributed by atoms with Crippen molar-refractivity contribution in [1.82, 2.24) is 15.0 Å². The van der Waals surface area contributed by atoms with Gasteiger partial charge in [-0.2, -0.15) is 0 Å². The van der Waals surface area contributed by atoms with E-state index in [1.807, 2.05) is 33.8 Å². The number of ether oxygens (including phenoxy) is 1. The highest BCUT2D eigenvalue weighted by molar-refractivity contribution is 7.92. The predicted octanol–water partition coefficient (Wildman–Crippen LogP) is 4.74. The van der Waals surface area contributed by atoms with E-state index >= 15 is 0 Å². The van der Waals surface area contributed by atoms with Gasteiger partial charge in [0, 0.05) is 11.1 Å². The van der Waals surface area contributed by atoms with Gasteiger partial charge in [-0.05, 0) is 47.7 Å². The highest BCUT2D eigenvalue weighted by Gasteiger charge is 2.23. The number of nitrogens with one attached hydrogen (secondary N) is 2. The number of sulfonamides is 1. The van der Waals surface area contributed by atoms with Crippen LogP contribution in [0.15, 0.2) is 66.9 Å². The number of hydrogen-bond donors (Lipinski definition) is 2. The Bertz CT molecular complexity index is 1690. The highest BCUT2D eigenvalue weighted by Crippen LogP contribution is 2.39. The van der Waals surface area contributed by atoms with Gasteiger partial charge in [-0.3, -0.25) is 14.3 Å². The Labute approximate surface area is 233 Å². The lowest BCUT2D eigenvalue weighted by atomic mass is 9.86. The first kappa shape index (κ1) is 28.5. The molecule has 2 N–H and O–H groups in total. The van der Waals surface area contributed by atoms with E-state index in [1.165, 1.54) is 18.0 Å². The van der Waals surface area contributed by atoms with Crippen molar-refractivity contribution < 1.29 is 22.7 Å².